The Morgan fingerprint density at radius 3 is 2.30 bits per heavy atom. The lowest BCUT2D eigenvalue weighted by atomic mass is 10.0. The van der Waals surface area contributed by atoms with Crippen molar-refractivity contribution < 1.29 is 18.0 Å². The molecule has 5 aromatic rings. The minimum atomic E-state index is -4.21. The molecule has 0 aliphatic carbocycles. The summed E-state index contributed by atoms with van der Waals surface area (Å²) in [6, 6.07) is 17.4. The van der Waals surface area contributed by atoms with Crippen molar-refractivity contribution >= 4 is 49.1 Å². The maximum atomic E-state index is 14.5. The van der Waals surface area contributed by atoms with Crippen LogP contribution >= 0.6 is 11.3 Å². The summed E-state index contributed by atoms with van der Waals surface area (Å²) in [7, 11) is -4.21. The molecule has 3 aromatic carbocycles. The maximum absolute atomic E-state index is 14.5. The second-order valence-electron chi connectivity index (χ2n) is 11.3. The molecule has 0 radical (unpaired) electrons. The SMILES string of the molecule is Cc1ccc2nc(-c3ccc(N4C(=O)CC(N(Cc5cccnc5)S(=O)(=O)c5c(C)c(C)cc(C)c5C)C4=O)cc3)sc2c1. The molecule has 1 fully saturated rings. The molecule has 0 bridgehead atoms. The van der Waals surface area contributed by atoms with E-state index in [1.54, 1.807) is 61.8 Å². The molecule has 0 saturated carbocycles. The van der Waals surface area contributed by atoms with Gasteiger partial charge in [0.05, 0.1) is 27.2 Å². The zero-order chi connectivity index (χ0) is 31.3. The van der Waals surface area contributed by atoms with Crippen LogP contribution in [0.3, 0.4) is 0 Å². The second kappa shape index (κ2) is 11.4. The van der Waals surface area contributed by atoms with E-state index >= 15 is 0 Å². The van der Waals surface area contributed by atoms with Crippen molar-refractivity contribution in [2.24, 2.45) is 0 Å². The van der Waals surface area contributed by atoms with Gasteiger partial charge < -0.3 is 0 Å². The average Bonchev–Trinajstić information content (AvgIpc) is 3.54. The predicted molar refractivity (Wildman–Crippen MR) is 173 cm³/mol. The summed E-state index contributed by atoms with van der Waals surface area (Å²) in [5.74, 6) is -1.03. The molecule has 6 rings (SSSR count). The molecule has 8 nitrogen and oxygen atoms in total. The topological polar surface area (TPSA) is 101 Å². The van der Waals surface area contributed by atoms with Gasteiger partial charge >= 0.3 is 0 Å². The highest BCUT2D eigenvalue weighted by atomic mass is 32.2. The van der Waals surface area contributed by atoms with Crippen molar-refractivity contribution in [2.75, 3.05) is 4.90 Å². The first-order valence-electron chi connectivity index (χ1n) is 14.3. The number of hydrogen-bond acceptors (Lipinski definition) is 7. The lowest BCUT2D eigenvalue weighted by molar-refractivity contribution is -0.122. The van der Waals surface area contributed by atoms with Gasteiger partial charge in [-0.3, -0.25) is 14.6 Å². The van der Waals surface area contributed by atoms with E-state index in [4.69, 9.17) is 4.98 Å². The van der Waals surface area contributed by atoms with Crippen molar-refractivity contribution in [3.8, 4) is 10.6 Å². The highest BCUT2D eigenvalue weighted by Crippen LogP contribution is 2.36. The molecule has 1 aliphatic heterocycles. The predicted octanol–water partition coefficient (Wildman–Crippen LogP) is 6.42. The summed E-state index contributed by atoms with van der Waals surface area (Å²) in [6.07, 6.45) is 2.91. The molecular formula is C34H32N4O4S2. The summed E-state index contributed by atoms with van der Waals surface area (Å²) < 4.78 is 31.2. The van der Waals surface area contributed by atoms with Gasteiger partial charge in [0.2, 0.25) is 15.9 Å². The number of anilines is 1. The molecule has 2 aromatic heterocycles. The van der Waals surface area contributed by atoms with E-state index in [2.05, 4.69) is 11.1 Å². The quantitative estimate of drug-likeness (QED) is 0.194. The number of imide groups is 1. The van der Waals surface area contributed by atoms with Gasteiger partial charge in [-0.05, 0) is 110 Å². The lowest BCUT2D eigenvalue weighted by Crippen LogP contribution is -2.45. The lowest BCUT2D eigenvalue weighted by Gasteiger charge is -2.29. The van der Waals surface area contributed by atoms with Gasteiger partial charge in [0.25, 0.3) is 5.91 Å². The molecule has 1 unspecified atom stereocenters. The van der Waals surface area contributed by atoms with Crippen LogP contribution in [0.15, 0.2) is 78.0 Å². The van der Waals surface area contributed by atoms with Gasteiger partial charge in [-0.1, -0.05) is 18.2 Å². The Labute approximate surface area is 261 Å². The van der Waals surface area contributed by atoms with Crippen molar-refractivity contribution in [3.63, 3.8) is 0 Å². The molecule has 1 atom stereocenters. The minimum Gasteiger partial charge on any atom is -0.274 e. The normalized spacial score (nSPS) is 15.6. The number of benzene rings is 3. The highest BCUT2D eigenvalue weighted by molar-refractivity contribution is 7.89. The van der Waals surface area contributed by atoms with Crippen molar-refractivity contribution in [1.82, 2.24) is 14.3 Å². The van der Waals surface area contributed by atoms with Crippen LogP contribution < -0.4 is 4.90 Å². The fourth-order valence-electron chi connectivity index (χ4n) is 5.74. The second-order valence-corrected chi connectivity index (χ2v) is 14.2. The van der Waals surface area contributed by atoms with Crippen LogP contribution in [0.25, 0.3) is 20.8 Å². The third-order valence-corrected chi connectivity index (χ3v) is 11.5. The molecule has 0 N–H and O–H groups in total. The summed E-state index contributed by atoms with van der Waals surface area (Å²) in [4.78, 5) is 37.6. The van der Waals surface area contributed by atoms with Gasteiger partial charge in [-0.2, -0.15) is 4.31 Å². The number of pyridine rings is 1. The van der Waals surface area contributed by atoms with E-state index in [0.717, 1.165) is 42.4 Å². The largest absolute Gasteiger partial charge is 0.274 e. The number of aromatic nitrogens is 2. The number of rotatable bonds is 7. The highest BCUT2D eigenvalue weighted by Gasteiger charge is 2.47. The van der Waals surface area contributed by atoms with Gasteiger partial charge in [-0.25, -0.2) is 18.3 Å². The van der Waals surface area contributed by atoms with E-state index in [1.165, 1.54) is 4.31 Å². The molecule has 2 amide bonds. The van der Waals surface area contributed by atoms with Crippen molar-refractivity contribution in [1.29, 1.82) is 0 Å². The number of sulfonamides is 1. The fraction of sp³-hybridized carbons (Fsp3) is 0.235. The van der Waals surface area contributed by atoms with E-state index < -0.39 is 27.9 Å². The summed E-state index contributed by atoms with van der Waals surface area (Å²) in [6.45, 7) is 9.24. The van der Waals surface area contributed by atoms with Gasteiger partial charge in [-0.15, -0.1) is 11.3 Å². The van der Waals surface area contributed by atoms with Gasteiger partial charge in [0.1, 0.15) is 11.0 Å². The zero-order valence-corrected chi connectivity index (χ0v) is 26.8. The molecule has 224 valence electrons. The van der Waals surface area contributed by atoms with Crippen LogP contribution in [-0.4, -0.2) is 40.5 Å². The minimum absolute atomic E-state index is 0.102. The average molecular weight is 625 g/mol. The number of hydrogen-bond donors (Lipinski definition) is 0. The number of carbonyl (C=O) groups is 2. The van der Waals surface area contributed by atoms with Crippen LogP contribution in [-0.2, 0) is 26.2 Å². The Kier molecular flexibility index (Phi) is 7.69. The van der Waals surface area contributed by atoms with E-state index in [9.17, 15) is 18.0 Å². The number of aryl methyl sites for hydroxylation is 3. The molecule has 44 heavy (non-hydrogen) atoms. The molecule has 3 heterocycles. The Hall–Kier alpha value is -4.25. The summed E-state index contributed by atoms with van der Waals surface area (Å²) >= 11 is 1.58. The van der Waals surface area contributed by atoms with Crippen LogP contribution in [0.1, 0.15) is 39.8 Å². The van der Waals surface area contributed by atoms with E-state index in [1.807, 2.05) is 51.1 Å². The van der Waals surface area contributed by atoms with Crippen LogP contribution in [0.5, 0.6) is 0 Å². The Morgan fingerprint density at radius 2 is 1.64 bits per heavy atom. The smallest absolute Gasteiger partial charge is 0.252 e. The number of carbonyl (C=O) groups excluding carboxylic acids is 2. The van der Waals surface area contributed by atoms with Crippen LogP contribution in [0.4, 0.5) is 5.69 Å². The third kappa shape index (κ3) is 5.23. The first-order valence-corrected chi connectivity index (χ1v) is 16.5. The monoisotopic (exact) mass is 624 g/mol. The molecule has 10 heteroatoms. The van der Waals surface area contributed by atoms with Gasteiger partial charge in [0, 0.05) is 24.5 Å². The van der Waals surface area contributed by atoms with Crippen molar-refractivity contribution in [2.45, 2.75) is 58.5 Å². The molecule has 1 saturated heterocycles. The summed E-state index contributed by atoms with van der Waals surface area (Å²) in [5.41, 5.74) is 6.87. The zero-order valence-electron chi connectivity index (χ0n) is 25.2. The number of nitrogens with zero attached hydrogens (tertiary/aromatic N) is 4. The first kappa shape index (κ1) is 29.8. The molecule has 0 spiro atoms. The molecular weight excluding hydrogens is 593 g/mol. The Balaban J connectivity index is 1.36. The maximum Gasteiger partial charge on any atom is 0.252 e. The standard InChI is InChI=1S/C34H32N4O4S2/c1-20-8-13-28-30(15-20)43-33(36-28)26-9-11-27(12-10-26)38-31(39)17-29(34(38)40)37(19-25-7-6-14-35-18-25)44(41,42)32-23(4)21(2)16-22(3)24(32)5/h6-16,18,29H,17,19H2,1-5H3. The third-order valence-electron chi connectivity index (χ3n) is 8.31. The molecule has 1 aliphatic rings. The van der Waals surface area contributed by atoms with Crippen LogP contribution in [0.2, 0.25) is 0 Å². The van der Waals surface area contributed by atoms with Gasteiger partial charge in [0.15, 0.2) is 0 Å². The van der Waals surface area contributed by atoms with E-state index in [-0.39, 0.29) is 17.9 Å². The van der Waals surface area contributed by atoms with Crippen LogP contribution in [0, 0.1) is 34.6 Å². The number of fused-ring (bicyclic) bond motifs is 1. The van der Waals surface area contributed by atoms with Crippen molar-refractivity contribution in [3.05, 3.63) is 106 Å². The number of amides is 2. The Morgan fingerprint density at radius 1 is 0.932 bits per heavy atom. The summed E-state index contributed by atoms with van der Waals surface area (Å²) in [5, 5.41) is 0.835. The van der Waals surface area contributed by atoms with E-state index in [0.29, 0.717) is 22.4 Å². The Bertz CT molecular complexity index is 2010. The fourth-order valence-corrected chi connectivity index (χ4v) is 8.96. The number of thiazole rings is 1. The first-order chi connectivity index (χ1) is 21.0.